The van der Waals surface area contributed by atoms with Gasteiger partial charge >= 0.3 is 0 Å². The number of para-hydroxylation sites is 1. The van der Waals surface area contributed by atoms with Gasteiger partial charge in [-0.15, -0.1) is 0 Å². The molecule has 3 aromatic rings. The topological polar surface area (TPSA) is 37.6 Å². The summed E-state index contributed by atoms with van der Waals surface area (Å²) < 4.78 is 1.91. The molecule has 0 saturated carbocycles. The number of rotatable bonds is 1. The molecule has 0 radical (unpaired) electrons. The minimum Gasteiger partial charge on any atom is -0.308 e. The van der Waals surface area contributed by atoms with Crippen LogP contribution in [0, 0.1) is 6.92 Å². The van der Waals surface area contributed by atoms with E-state index in [9.17, 15) is 4.79 Å². The summed E-state index contributed by atoms with van der Waals surface area (Å²) in [6, 6.07) is 11.8. The van der Waals surface area contributed by atoms with Crippen molar-refractivity contribution in [2.24, 2.45) is 0 Å². The molecule has 0 atom stereocenters. The Balaban J connectivity index is 1.73. The number of fused-ring (bicyclic) bond motifs is 2. The molecule has 0 spiro atoms. The lowest BCUT2D eigenvalue weighted by atomic mass is 10.2. The molecule has 0 N–H and O–H groups in total. The third kappa shape index (κ3) is 1.91. The Labute approximate surface area is 122 Å². The van der Waals surface area contributed by atoms with Crippen LogP contribution >= 0.6 is 0 Å². The van der Waals surface area contributed by atoms with E-state index in [2.05, 4.69) is 11.1 Å². The Morgan fingerprint density at radius 1 is 1.14 bits per heavy atom. The van der Waals surface area contributed by atoms with Gasteiger partial charge in [0.15, 0.2) is 0 Å². The molecule has 4 heteroatoms. The molecule has 2 aromatic heterocycles. The number of benzene rings is 1. The number of aryl methyl sites for hydroxylation is 1. The number of hydrogen-bond donors (Lipinski definition) is 0. The van der Waals surface area contributed by atoms with Crippen molar-refractivity contribution < 1.29 is 4.79 Å². The fourth-order valence-electron chi connectivity index (χ4n) is 2.95. The van der Waals surface area contributed by atoms with Crippen LogP contribution < -0.4 is 4.90 Å². The van der Waals surface area contributed by atoms with Gasteiger partial charge in [0.05, 0.1) is 11.3 Å². The molecule has 104 valence electrons. The van der Waals surface area contributed by atoms with E-state index in [0.29, 0.717) is 5.56 Å². The number of nitrogens with zero attached hydrogens (tertiary/aromatic N) is 3. The van der Waals surface area contributed by atoms with Crippen LogP contribution in [0.15, 0.2) is 48.8 Å². The summed E-state index contributed by atoms with van der Waals surface area (Å²) in [7, 11) is 0. The minimum absolute atomic E-state index is 0.0493. The Kier molecular flexibility index (Phi) is 2.57. The number of pyridine rings is 1. The van der Waals surface area contributed by atoms with Crippen molar-refractivity contribution in [3.63, 3.8) is 0 Å². The molecule has 3 heterocycles. The molecule has 0 fully saturated rings. The fraction of sp³-hybridized carbons (Fsp3) is 0.176. The lowest BCUT2D eigenvalue weighted by molar-refractivity contribution is 0.0989. The van der Waals surface area contributed by atoms with Gasteiger partial charge in [-0.3, -0.25) is 4.79 Å². The van der Waals surface area contributed by atoms with Gasteiger partial charge in [-0.05, 0) is 37.1 Å². The van der Waals surface area contributed by atoms with E-state index >= 15 is 0 Å². The highest BCUT2D eigenvalue weighted by molar-refractivity contribution is 6.07. The number of aromatic nitrogens is 2. The van der Waals surface area contributed by atoms with E-state index in [-0.39, 0.29) is 5.91 Å². The molecule has 1 aromatic carbocycles. The molecule has 1 aliphatic heterocycles. The lowest BCUT2D eigenvalue weighted by Crippen LogP contribution is -2.29. The normalized spacial score (nSPS) is 13.7. The first-order valence-corrected chi connectivity index (χ1v) is 7.07. The number of amides is 1. The first kappa shape index (κ1) is 12.1. The predicted octanol–water partition coefficient (Wildman–Crippen LogP) is 2.85. The highest BCUT2D eigenvalue weighted by atomic mass is 16.2. The monoisotopic (exact) mass is 277 g/mol. The highest BCUT2D eigenvalue weighted by Gasteiger charge is 2.25. The van der Waals surface area contributed by atoms with Gasteiger partial charge in [0.25, 0.3) is 5.91 Å². The first-order valence-electron chi connectivity index (χ1n) is 7.07. The van der Waals surface area contributed by atoms with Crippen LogP contribution in [0.25, 0.3) is 5.65 Å². The summed E-state index contributed by atoms with van der Waals surface area (Å²) in [5.74, 6) is 0.0493. The van der Waals surface area contributed by atoms with Crippen molar-refractivity contribution in [3.8, 4) is 0 Å². The largest absolute Gasteiger partial charge is 0.308 e. The Bertz CT molecular complexity index is 850. The van der Waals surface area contributed by atoms with E-state index in [1.807, 2.05) is 58.9 Å². The third-order valence-electron chi connectivity index (χ3n) is 3.95. The zero-order valence-corrected chi connectivity index (χ0v) is 11.8. The third-order valence-corrected chi connectivity index (χ3v) is 3.95. The molecule has 4 rings (SSSR count). The molecule has 0 unspecified atom stereocenters. The molecule has 1 amide bonds. The summed E-state index contributed by atoms with van der Waals surface area (Å²) in [6.45, 7) is 2.70. The average Bonchev–Trinajstić information content (AvgIpc) is 3.07. The summed E-state index contributed by atoms with van der Waals surface area (Å²) in [4.78, 5) is 19.0. The maximum absolute atomic E-state index is 12.8. The van der Waals surface area contributed by atoms with Crippen LogP contribution in [0.5, 0.6) is 0 Å². The van der Waals surface area contributed by atoms with Crippen LogP contribution in [-0.2, 0) is 6.42 Å². The second-order valence-electron chi connectivity index (χ2n) is 5.40. The highest BCUT2D eigenvalue weighted by Crippen LogP contribution is 2.28. The molecule has 4 nitrogen and oxygen atoms in total. The Morgan fingerprint density at radius 2 is 2.00 bits per heavy atom. The van der Waals surface area contributed by atoms with Crippen molar-refractivity contribution in [2.45, 2.75) is 13.3 Å². The lowest BCUT2D eigenvalue weighted by Gasteiger charge is -2.17. The van der Waals surface area contributed by atoms with Gasteiger partial charge in [-0.1, -0.05) is 18.2 Å². The zero-order chi connectivity index (χ0) is 14.4. The van der Waals surface area contributed by atoms with Crippen LogP contribution in [0.2, 0.25) is 0 Å². The van der Waals surface area contributed by atoms with Gasteiger partial charge in [-0.2, -0.15) is 0 Å². The van der Waals surface area contributed by atoms with E-state index in [1.165, 1.54) is 5.56 Å². The summed E-state index contributed by atoms with van der Waals surface area (Å²) in [5.41, 5.74) is 4.78. The van der Waals surface area contributed by atoms with Crippen LogP contribution in [0.3, 0.4) is 0 Å². The number of hydrogen-bond acceptors (Lipinski definition) is 2. The standard InChI is InChI=1S/C17H15N3O/c1-12-10-19-11-14(6-7-16(19)18-12)17(21)20-9-8-13-4-2-3-5-15(13)20/h2-7,10-11H,8-9H2,1H3. The van der Waals surface area contributed by atoms with E-state index in [1.54, 1.807) is 0 Å². The van der Waals surface area contributed by atoms with Crippen molar-refractivity contribution >= 4 is 17.2 Å². The summed E-state index contributed by atoms with van der Waals surface area (Å²) in [6.07, 6.45) is 4.72. The van der Waals surface area contributed by atoms with Gasteiger partial charge < -0.3 is 9.30 Å². The molecule has 1 aliphatic rings. The average molecular weight is 277 g/mol. The van der Waals surface area contributed by atoms with Crippen molar-refractivity contribution in [1.29, 1.82) is 0 Å². The maximum Gasteiger partial charge on any atom is 0.259 e. The van der Waals surface area contributed by atoms with Crippen LogP contribution in [0.1, 0.15) is 21.6 Å². The zero-order valence-electron chi connectivity index (χ0n) is 11.8. The van der Waals surface area contributed by atoms with Gasteiger partial charge in [0, 0.05) is 24.6 Å². The molecule has 0 saturated heterocycles. The van der Waals surface area contributed by atoms with Crippen molar-refractivity contribution in [2.75, 3.05) is 11.4 Å². The van der Waals surface area contributed by atoms with Gasteiger partial charge in [0.1, 0.15) is 5.65 Å². The Morgan fingerprint density at radius 3 is 2.90 bits per heavy atom. The number of carbonyl (C=O) groups is 1. The van der Waals surface area contributed by atoms with E-state index in [0.717, 1.165) is 30.0 Å². The fourth-order valence-corrected chi connectivity index (χ4v) is 2.95. The van der Waals surface area contributed by atoms with E-state index < -0.39 is 0 Å². The van der Waals surface area contributed by atoms with Crippen LogP contribution in [0.4, 0.5) is 5.69 Å². The predicted molar refractivity (Wildman–Crippen MR) is 81.8 cm³/mol. The van der Waals surface area contributed by atoms with Gasteiger partial charge in [-0.25, -0.2) is 4.98 Å². The van der Waals surface area contributed by atoms with E-state index in [4.69, 9.17) is 0 Å². The second-order valence-corrected chi connectivity index (χ2v) is 5.40. The number of carbonyl (C=O) groups excluding carboxylic acids is 1. The molecular formula is C17H15N3O. The second kappa shape index (κ2) is 4.45. The SMILES string of the molecule is Cc1cn2cc(C(=O)N3CCc4ccccc43)ccc2n1. The molecule has 0 bridgehead atoms. The molecule has 0 aliphatic carbocycles. The number of anilines is 1. The smallest absolute Gasteiger partial charge is 0.259 e. The summed E-state index contributed by atoms with van der Waals surface area (Å²) in [5, 5.41) is 0. The number of imidazole rings is 1. The first-order chi connectivity index (χ1) is 10.2. The van der Waals surface area contributed by atoms with Crippen molar-refractivity contribution in [1.82, 2.24) is 9.38 Å². The molecule has 21 heavy (non-hydrogen) atoms. The molecular weight excluding hydrogens is 262 g/mol. The maximum atomic E-state index is 12.8. The minimum atomic E-state index is 0.0493. The Hall–Kier alpha value is -2.62. The quantitative estimate of drug-likeness (QED) is 0.686. The van der Waals surface area contributed by atoms with Gasteiger partial charge in [0.2, 0.25) is 0 Å². The van der Waals surface area contributed by atoms with Crippen LogP contribution in [-0.4, -0.2) is 21.8 Å². The van der Waals surface area contributed by atoms with Crippen molar-refractivity contribution in [3.05, 3.63) is 65.6 Å². The summed E-state index contributed by atoms with van der Waals surface area (Å²) >= 11 is 0.